The lowest BCUT2D eigenvalue weighted by Gasteiger charge is -2.15. The van der Waals surface area contributed by atoms with Crippen molar-refractivity contribution in [3.63, 3.8) is 0 Å². The minimum absolute atomic E-state index is 0.146. The third-order valence-corrected chi connectivity index (χ3v) is 3.30. The third kappa shape index (κ3) is 1.84. The Kier molecular flexibility index (Phi) is 2.99. The smallest absolute Gasteiger partial charge is 0.160 e. The van der Waals surface area contributed by atoms with Gasteiger partial charge in [-0.05, 0) is 62.8 Å². The number of ether oxygens (including phenoxy) is 1. The number of ketones is 1. The van der Waals surface area contributed by atoms with Crippen LogP contribution >= 0.6 is 0 Å². The first kappa shape index (κ1) is 11.2. The van der Waals surface area contributed by atoms with Crippen molar-refractivity contribution in [2.24, 2.45) is 0 Å². The largest absolute Gasteiger partial charge is 0.493 e. The summed E-state index contributed by atoms with van der Waals surface area (Å²) in [7, 11) is 0. The number of benzene rings is 1. The van der Waals surface area contributed by atoms with Crippen LogP contribution in [-0.4, -0.2) is 12.4 Å². The molecule has 0 N–H and O–H groups in total. The first-order valence-electron chi connectivity index (χ1n) is 5.88. The Morgan fingerprint density at radius 1 is 1.31 bits per heavy atom. The Labute approximate surface area is 96.6 Å². The molecule has 0 radical (unpaired) electrons. The lowest BCUT2D eigenvalue weighted by atomic mass is 9.93. The van der Waals surface area contributed by atoms with Crippen LogP contribution in [0.3, 0.4) is 0 Å². The summed E-state index contributed by atoms with van der Waals surface area (Å²) in [5, 5.41) is 0. The van der Waals surface area contributed by atoms with Crippen LogP contribution in [-0.2, 0) is 6.42 Å². The van der Waals surface area contributed by atoms with Crippen molar-refractivity contribution in [1.29, 1.82) is 0 Å². The summed E-state index contributed by atoms with van der Waals surface area (Å²) in [4.78, 5) is 11.5. The van der Waals surface area contributed by atoms with E-state index in [1.807, 2.05) is 19.9 Å². The van der Waals surface area contributed by atoms with E-state index in [0.29, 0.717) is 0 Å². The van der Waals surface area contributed by atoms with E-state index in [4.69, 9.17) is 4.74 Å². The molecular formula is C14H18O2. The Hall–Kier alpha value is -1.31. The normalized spacial score (nSPS) is 14.9. The summed E-state index contributed by atoms with van der Waals surface area (Å²) in [6, 6.07) is 1.96. The summed E-state index contributed by atoms with van der Waals surface area (Å²) in [6.45, 7) is 6.48. The molecule has 0 saturated heterocycles. The van der Waals surface area contributed by atoms with Gasteiger partial charge in [-0.2, -0.15) is 0 Å². The molecule has 1 aromatic rings. The van der Waals surface area contributed by atoms with Crippen LogP contribution in [0.25, 0.3) is 0 Å². The quantitative estimate of drug-likeness (QED) is 0.676. The van der Waals surface area contributed by atoms with Crippen molar-refractivity contribution < 1.29 is 9.53 Å². The molecule has 0 aromatic heterocycles. The standard InChI is InChI=1S/C14H18O2/c1-9-8-13(11(3)15)10(2)12-6-4-5-7-16-14(9)12/h8H,4-7H2,1-3H3. The van der Waals surface area contributed by atoms with Crippen LogP contribution < -0.4 is 4.74 Å². The van der Waals surface area contributed by atoms with Crippen LogP contribution in [0.2, 0.25) is 0 Å². The Bertz CT molecular complexity index is 433. The summed E-state index contributed by atoms with van der Waals surface area (Å²) in [6.07, 6.45) is 3.28. The van der Waals surface area contributed by atoms with Gasteiger partial charge in [-0.15, -0.1) is 0 Å². The zero-order chi connectivity index (χ0) is 11.7. The van der Waals surface area contributed by atoms with E-state index in [1.54, 1.807) is 6.92 Å². The molecule has 0 saturated carbocycles. The third-order valence-electron chi connectivity index (χ3n) is 3.30. The summed E-state index contributed by atoms with van der Waals surface area (Å²) in [5.41, 5.74) is 4.28. The van der Waals surface area contributed by atoms with E-state index in [-0.39, 0.29) is 5.78 Å². The zero-order valence-corrected chi connectivity index (χ0v) is 10.2. The first-order valence-corrected chi connectivity index (χ1v) is 5.88. The molecular weight excluding hydrogens is 200 g/mol. The fraction of sp³-hybridized carbons (Fsp3) is 0.500. The molecule has 2 heteroatoms. The molecule has 0 atom stereocenters. The fourth-order valence-electron chi connectivity index (χ4n) is 2.41. The van der Waals surface area contributed by atoms with E-state index in [2.05, 4.69) is 0 Å². The van der Waals surface area contributed by atoms with Crippen LogP contribution in [0.15, 0.2) is 6.07 Å². The van der Waals surface area contributed by atoms with E-state index in [0.717, 1.165) is 48.3 Å². The summed E-state index contributed by atoms with van der Waals surface area (Å²) >= 11 is 0. The van der Waals surface area contributed by atoms with Gasteiger partial charge in [0.2, 0.25) is 0 Å². The molecule has 16 heavy (non-hydrogen) atoms. The van der Waals surface area contributed by atoms with E-state index < -0.39 is 0 Å². The van der Waals surface area contributed by atoms with Gasteiger partial charge in [-0.1, -0.05) is 0 Å². The molecule has 0 bridgehead atoms. The van der Waals surface area contributed by atoms with E-state index in [9.17, 15) is 4.79 Å². The Morgan fingerprint density at radius 2 is 2.06 bits per heavy atom. The highest BCUT2D eigenvalue weighted by molar-refractivity contribution is 5.96. The van der Waals surface area contributed by atoms with Crippen LogP contribution in [0, 0.1) is 13.8 Å². The molecule has 0 amide bonds. The van der Waals surface area contributed by atoms with Crippen molar-refractivity contribution in [1.82, 2.24) is 0 Å². The van der Waals surface area contributed by atoms with Gasteiger partial charge in [-0.25, -0.2) is 0 Å². The summed E-state index contributed by atoms with van der Waals surface area (Å²) < 4.78 is 5.78. The maximum atomic E-state index is 11.5. The second kappa shape index (κ2) is 4.28. The fourth-order valence-corrected chi connectivity index (χ4v) is 2.41. The summed E-state index contributed by atoms with van der Waals surface area (Å²) in [5.74, 6) is 1.16. The molecule has 86 valence electrons. The monoisotopic (exact) mass is 218 g/mol. The minimum Gasteiger partial charge on any atom is -0.493 e. The molecule has 1 aliphatic rings. The molecule has 0 fully saturated rings. The Balaban J connectivity index is 2.61. The van der Waals surface area contributed by atoms with Gasteiger partial charge in [0.25, 0.3) is 0 Å². The minimum atomic E-state index is 0.146. The van der Waals surface area contributed by atoms with Gasteiger partial charge >= 0.3 is 0 Å². The van der Waals surface area contributed by atoms with Crippen LogP contribution in [0.4, 0.5) is 0 Å². The number of carbonyl (C=O) groups is 1. The highest BCUT2D eigenvalue weighted by atomic mass is 16.5. The number of Topliss-reactive ketones (excluding diaryl/α,β-unsaturated/α-hetero) is 1. The van der Waals surface area contributed by atoms with Gasteiger partial charge < -0.3 is 4.74 Å². The van der Waals surface area contributed by atoms with Gasteiger partial charge in [0, 0.05) is 5.56 Å². The first-order chi connectivity index (χ1) is 7.61. The molecule has 1 heterocycles. The number of rotatable bonds is 1. The van der Waals surface area contributed by atoms with Crippen molar-refractivity contribution in [3.05, 3.63) is 28.3 Å². The number of hydrogen-bond acceptors (Lipinski definition) is 2. The molecule has 0 spiro atoms. The van der Waals surface area contributed by atoms with Crippen LogP contribution in [0.5, 0.6) is 5.75 Å². The van der Waals surface area contributed by atoms with Gasteiger partial charge in [0.1, 0.15) is 5.75 Å². The highest BCUT2D eigenvalue weighted by Crippen LogP contribution is 2.33. The van der Waals surface area contributed by atoms with Crippen LogP contribution in [0.1, 0.15) is 46.8 Å². The molecule has 1 aromatic carbocycles. The molecule has 2 nitrogen and oxygen atoms in total. The maximum Gasteiger partial charge on any atom is 0.160 e. The molecule has 0 aliphatic carbocycles. The topological polar surface area (TPSA) is 26.3 Å². The number of fused-ring (bicyclic) bond motifs is 1. The molecule has 0 unspecified atom stereocenters. The molecule has 2 rings (SSSR count). The Morgan fingerprint density at radius 3 is 2.75 bits per heavy atom. The zero-order valence-electron chi connectivity index (χ0n) is 10.2. The molecule has 1 aliphatic heterocycles. The van der Waals surface area contributed by atoms with Crippen molar-refractivity contribution in [2.45, 2.75) is 40.0 Å². The van der Waals surface area contributed by atoms with Crippen molar-refractivity contribution >= 4 is 5.78 Å². The number of carbonyl (C=O) groups excluding carboxylic acids is 1. The lowest BCUT2D eigenvalue weighted by molar-refractivity contribution is 0.101. The average Bonchev–Trinajstić information content (AvgIpc) is 2.48. The highest BCUT2D eigenvalue weighted by Gasteiger charge is 2.18. The van der Waals surface area contributed by atoms with E-state index >= 15 is 0 Å². The number of aryl methyl sites for hydroxylation is 1. The second-order valence-electron chi connectivity index (χ2n) is 4.54. The predicted molar refractivity (Wildman–Crippen MR) is 64.4 cm³/mol. The lowest BCUT2D eigenvalue weighted by Crippen LogP contribution is -2.04. The second-order valence-corrected chi connectivity index (χ2v) is 4.54. The SMILES string of the molecule is CC(=O)c1cc(C)c2c(c1C)CCCCO2. The maximum absolute atomic E-state index is 11.5. The van der Waals surface area contributed by atoms with Gasteiger partial charge in [0.15, 0.2) is 5.78 Å². The van der Waals surface area contributed by atoms with Crippen molar-refractivity contribution in [2.75, 3.05) is 6.61 Å². The van der Waals surface area contributed by atoms with Gasteiger partial charge in [-0.3, -0.25) is 4.79 Å². The van der Waals surface area contributed by atoms with Crippen molar-refractivity contribution in [3.8, 4) is 5.75 Å². The number of hydrogen-bond donors (Lipinski definition) is 0. The van der Waals surface area contributed by atoms with E-state index in [1.165, 1.54) is 5.56 Å². The van der Waals surface area contributed by atoms with Gasteiger partial charge in [0.05, 0.1) is 6.61 Å². The average molecular weight is 218 g/mol. The predicted octanol–water partition coefficient (Wildman–Crippen LogP) is 3.22.